The number of carboxylic acids is 1. The molecule has 1 N–H and O–H groups in total. The third-order valence-electron chi connectivity index (χ3n) is 3.19. The van der Waals surface area contributed by atoms with Crippen LogP contribution < -0.4 is 0 Å². The standard InChI is InChI=1S/C17H12FNO2S/c18-13-9-5-4-8-12(13)15-16(17(20)21)22-14(19-15)10-11-6-2-1-3-7-11/h1-9H,10H2,(H,20,21). The summed E-state index contributed by atoms with van der Waals surface area (Å²) in [5, 5.41) is 10.00. The Bertz CT molecular complexity index is 815. The Morgan fingerprint density at radius 2 is 1.77 bits per heavy atom. The minimum Gasteiger partial charge on any atom is -0.477 e. The van der Waals surface area contributed by atoms with Gasteiger partial charge >= 0.3 is 5.97 Å². The molecule has 0 bridgehead atoms. The number of nitrogens with zero attached hydrogens (tertiary/aromatic N) is 1. The lowest BCUT2D eigenvalue weighted by Crippen LogP contribution is -1.96. The molecule has 0 fully saturated rings. The van der Waals surface area contributed by atoms with Crippen LogP contribution in [0.2, 0.25) is 0 Å². The van der Waals surface area contributed by atoms with Gasteiger partial charge in [-0.2, -0.15) is 0 Å². The van der Waals surface area contributed by atoms with Gasteiger partial charge in [-0.3, -0.25) is 0 Å². The van der Waals surface area contributed by atoms with Crippen LogP contribution >= 0.6 is 11.3 Å². The van der Waals surface area contributed by atoms with E-state index in [0.717, 1.165) is 16.9 Å². The molecule has 3 rings (SSSR count). The van der Waals surface area contributed by atoms with Crippen molar-refractivity contribution >= 4 is 17.3 Å². The maximum atomic E-state index is 13.9. The normalized spacial score (nSPS) is 10.6. The highest BCUT2D eigenvalue weighted by atomic mass is 32.1. The van der Waals surface area contributed by atoms with Crippen LogP contribution in [0.25, 0.3) is 11.3 Å². The predicted octanol–water partition coefficient (Wildman–Crippen LogP) is 4.24. The van der Waals surface area contributed by atoms with Gasteiger partial charge in [0.15, 0.2) is 0 Å². The van der Waals surface area contributed by atoms with Crippen LogP contribution in [0.4, 0.5) is 4.39 Å². The third-order valence-corrected chi connectivity index (χ3v) is 4.24. The van der Waals surface area contributed by atoms with Crippen LogP contribution in [0, 0.1) is 5.82 Å². The zero-order chi connectivity index (χ0) is 15.5. The molecule has 22 heavy (non-hydrogen) atoms. The van der Waals surface area contributed by atoms with Crippen molar-refractivity contribution in [2.24, 2.45) is 0 Å². The Kier molecular flexibility index (Phi) is 3.98. The molecule has 5 heteroatoms. The fourth-order valence-corrected chi connectivity index (χ4v) is 3.14. The van der Waals surface area contributed by atoms with Gasteiger partial charge in [0, 0.05) is 12.0 Å². The van der Waals surface area contributed by atoms with E-state index in [1.54, 1.807) is 18.2 Å². The van der Waals surface area contributed by atoms with Crippen LogP contribution in [0.5, 0.6) is 0 Å². The second-order valence-electron chi connectivity index (χ2n) is 4.73. The van der Waals surface area contributed by atoms with Crippen molar-refractivity contribution in [3.63, 3.8) is 0 Å². The molecular formula is C17H12FNO2S. The van der Waals surface area contributed by atoms with Crippen LogP contribution in [0.1, 0.15) is 20.2 Å². The maximum absolute atomic E-state index is 13.9. The summed E-state index contributed by atoms with van der Waals surface area (Å²) in [5.74, 6) is -1.56. The van der Waals surface area contributed by atoms with Gasteiger partial charge in [0.05, 0.1) is 10.7 Å². The number of aromatic nitrogens is 1. The highest BCUT2D eigenvalue weighted by Gasteiger charge is 2.20. The molecule has 2 aromatic carbocycles. The Hall–Kier alpha value is -2.53. The summed E-state index contributed by atoms with van der Waals surface area (Å²) >= 11 is 1.09. The van der Waals surface area contributed by atoms with E-state index in [2.05, 4.69) is 4.98 Å². The molecule has 0 radical (unpaired) electrons. The zero-order valence-corrected chi connectivity index (χ0v) is 12.3. The number of thiazole rings is 1. The van der Waals surface area contributed by atoms with E-state index < -0.39 is 11.8 Å². The summed E-state index contributed by atoms with van der Waals surface area (Å²) < 4.78 is 13.9. The first kappa shape index (κ1) is 14.4. The fourth-order valence-electron chi connectivity index (χ4n) is 2.19. The van der Waals surface area contributed by atoms with Crippen molar-refractivity contribution in [3.05, 3.63) is 75.9 Å². The summed E-state index contributed by atoms with van der Waals surface area (Å²) in [6, 6.07) is 15.7. The molecule has 0 aliphatic carbocycles. The number of aromatic carboxylic acids is 1. The van der Waals surface area contributed by atoms with E-state index in [1.165, 1.54) is 6.07 Å². The molecule has 110 valence electrons. The molecule has 3 aromatic rings. The average molecular weight is 313 g/mol. The molecule has 0 saturated heterocycles. The van der Waals surface area contributed by atoms with E-state index >= 15 is 0 Å². The van der Waals surface area contributed by atoms with Crippen molar-refractivity contribution in [1.82, 2.24) is 4.98 Å². The van der Waals surface area contributed by atoms with Crippen molar-refractivity contribution in [3.8, 4) is 11.3 Å². The molecular weight excluding hydrogens is 301 g/mol. The Labute approximate surface area is 130 Å². The third kappa shape index (κ3) is 2.89. The Morgan fingerprint density at radius 3 is 2.45 bits per heavy atom. The quantitative estimate of drug-likeness (QED) is 0.784. The van der Waals surface area contributed by atoms with Gasteiger partial charge in [0.25, 0.3) is 0 Å². The Morgan fingerprint density at radius 1 is 1.09 bits per heavy atom. The molecule has 0 aliphatic heterocycles. The predicted molar refractivity (Wildman–Crippen MR) is 83.7 cm³/mol. The Balaban J connectivity index is 2.03. The minimum absolute atomic E-state index is 0.0658. The average Bonchev–Trinajstić information content (AvgIpc) is 2.92. The summed E-state index contributed by atoms with van der Waals surface area (Å²) in [7, 11) is 0. The van der Waals surface area contributed by atoms with Crippen molar-refractivity contribution in [2.75, 3.05) is 0 Å². The van der Waals surface area contributed by atoms with E-state index in [0.29, 0.717) is 11.4 Å². The van der Waals surface area contributed by atoms with Gasteiger partial charge in [0.1, 0.15) is 10.7 Å². The molecule has 0 amide bonds. The highest BCUT2D eigenvalue weighted by molar-refractivity contribution is 7.14. The van der Waals surface area contributed by atoms with E-state index in [9.17, 15) is 14.3 Å². The molecule has 0 unspecified atom stereocenters. The maximum Gasteiger partial charge on any atom is 0.348 e. The van der Waals surface area contributed by atoms with Crippen LogP contribution in [-0.4, -0.2) is 16.1 Å². The smallest absolute Gasteiger partial charge is 0.348 e. The first-order chi connectivity index (χ1) is 10.6. The van der Waals surface area contributed by atoms with Gasteiger partial charge < -0.3 is 5.11 Å². The number of rotatable bonds is 4. The monoisotopic (exact) mass is 313 g/mol. The molecule has 0 saturated carbocycles. The molecule has 3 nitrogen and oxygen atoms in total. The van der Waals surface area contributed by atoms with Crippen LogP contribution in [0.3, 0.4) is 0 Å². The SMILES string of the molecule is O=C(O)c1sc(Cc2ccccc2)nc1-c1ccccc1F. The second kappa shape index (κ2) is 6.07. The second-order valence-corrected chi connectivity index (χ2v) is 5.82. The summed E-state index contributed by atoms with van der Waals surface area (Å²) in [4.78, 5) is 15.8. The van der Waals surface area contributed by atoms with Gasteiger partial charge in [-0.25, -0.2) is 14.2 Å². The summed E-state index contributed by atoms with van der Waals surface area (Å²) in [6.07, 6.45) is 0.528. The number of carbonyl (C=O) groups is 1. The number of hydrogen-bond donors (Lipinski definition) is 1. The lowest BCUT2D eigenvalue weighted by atomic mass is 10.1. The molecule has 0 atom stereocenters. The van der Waals surface area contributed by atoms with Crippen LogP contribution in [0.15, 0.2) is 54.6 Å². The van der Waals surface area contributed by atoms with Gasteiger partial charge in [0.2, 0.25) is 0 Å². The van der Waals surface area contributed by atoms with E-state index in [1.807, 2.05) is 30.3 Å². The number of halogens is 1. The molecule has 1 aromatic heterocycles. The number of carboxylic acid groups (broad SMARTS) is 1. The molecule has 1 heterocycles. The van der Waals surface area contributed by atoms with Gasteiger partial charge in [-0.05, 0) is 17.7 Å². The number of benzene rings is 2. The van der Waals surface area contributed by atoms with Crippen LogP contribution in [-0.2, 0) is 6.42 Å². The highest BCUT2D eigenvalue weighted by Crippen LogP contribution is 2.31. The first-order valence-electron chi connectivity index (χ1n) is 6.67. The topological polar surface area (TPSA) is 50.2 Å². The van der Waals surface area contributed by atoms with Gasteiger partial charge in [-0.15, -0.1) is 11.3 Å². The van der Waals surface area contributed by atoms with E-state index in [-0.39, 0.29) is 16.1 Å². The first-order valence-corrected chi connectivity index (χ1v) is 7.48. The van der Waals surface area contributed by atoms with Crippen molar-refractivity contribution < 1.29 is 14.3 Å². The largest absolute Gasteiger partial charge is 0.477 e. The summed E-state index contributed by atoms with van der Waals surface area (Å²) in [5.41, 5.74) is 1.45. The van der Waals surface area contributed by atoms with Crippen molar-refractivity contribution in [2.45, 2.75) is 6.42 Å². The molecule has 0 spiro atoms. The number of hydrogen-bond acceptors (Lipinski definition) is 3. The fraction of sp³-hybridized carbons (Fsp3) is 0.0588. The van der Waals surface area contributed by atoms with Crippen molar-refractivity contribution in [1.29, 1.82) is 0 Å². The summed E-state index contributed by atoms with van der Waals surface area (Å²) in [6.45, 7) is 0. The molecule has 0 aliphatic rings. The van der Waals surface area contributed by atoms with Gasteiger partial charge in [-0.1, -0.05) is 42.5 Å². The lowest BCUT2D eigenvalue weighted by molar-refractivity contribution is 0.0702. The van der Waals surface area contributed by atoms with E-state index in [4.69, 9.17) is 0 Å². The minimum atomic E-state index is -1.09. The zero-order valence-electron chi connectivity index (χ0n) is 11.5. The lowest BCUT2D eigenvalue weighted by Gasteiger charge is -2.00.